The number of nitrogens with zero attached hydrogens (tertiary/aromatic N) is 1. The van der Waals surface area contributed by atoms with Gasteiger partial charge in [-0.3, -0.25) is 10.2 Å². The summed E-state index contributed by atoms with van der Waals surface area (Å²) in [6.45, 7) is 0. The first-order valence-electron chi connectivity index (χ1n) is 8.44. The number of hydrogen-bond donors (Lipinski definition) is 2. The van der Waals surface area contributed by atoms with Gasteiger partial charge in [-0.15, -0.1) is 0 Å². The number of rotatable bonds is 7. The number of hydrogen-bond acceptors (Lipinski definition) is 5. The Kier molecular flexibility index (Phi) is 7.04. The normalized spacial score (nSPS) is 12.5. The molecule has 0 aliphatic rings. The summed E-state index contributed by atoms with van der Waals surface area (Å²) in [6.07, 6.45) is 1.79. The third kappa shape index (κ3) is 6.42. The molecule has 3 aromatic rings. The molecule has 1 amide bonds. The summed E-state index contributed by atoms with van der Waals surface area (Å²) < 4.78 is 8.77. The molecule has 0 radical (unpaired) electrons. The number of hydrazone groups is 1. The molecular weight excluding hydrogens is 437 g/mol. The van der Waals surface area contributed by atoms with Crippen molar-refractivity contribution in [1.29, 1.82) is 0 Å². The first-order valence-corrected chi connectivity index (χ1v) is 9.57. The molecule has 150 valence electrons. The smallest absolute Gasteiger partial charge is 0.289 e. The van der Waals surface area contributed by atoms with Crippen molar-refractivity contribution in [2.45, 2.75) is 10.0 Å². The maximum absolute atomic E-state index is 12.2. The fourth-order valence-electron chi connectivity index (χ4n) is 2.24. The van der Waals surface area contributed by atoms with Crippen molar-refractivity contribution in [2.24, 2.45) is 5.10 Å². The highest BCUT2D eigenvalue weighted by molar-refractivity contribution is 6.68. The summed E-state index contributed by atoms with van der Waals surface area (Å²) in [5.74, 6) is -0.0957. The van der Waals surface area contributed by atoms with Crippen LogP contribution in [0.25, 0.3) is 0 Å². The van der Waals surface area contributed by atoms with E-state index in [9.17, 15) is 4.79 Å². The number of carbonyl (C=O) groups is 1. The van der Waals surface area contributed by atoms with Crippen LogP contribution in [0.3, 0.4) is 0 Å². The van der Waals surface area contributed by atoms with Crippen molar-refractivity contribution in [2.75, 3.05) is 5.43 Å². The number of anilines is 1. The van der Waals surface area contributed by atoms with Crippen molar-refractivity contribution in [3.05, 3.63) is 84.3 Å². The highest BCUT2D eigenvalue weighted by Crippen LogP contribution is 2.32. The Bertz CT molecular complexity index is 941. The topological polar surface area (TPSA) is 75.9 Å². The summed E-state index contributed by atoms with van der Waals surface area (Å²) in [5.41, 5.74) is 4.63. The maximum atomic E-state index is 12.2. The number of carbonyl (C=O) groups excluding carboxylic acids is 1. The van der Waals surface area contributed by atoms with Crippen LogP contribution >= 0.6 is 34.8 Å². The molecule has 2 N–H and O–H groups in total. The minimum atomic E-state index is -1.90. The molecule has 1 heterocycles. The van der Waals surface area contributed by atoms with Crippen LogP contribution in [-0.4, -0.2) is 22.1 Å². The summed E-state index contributed by atoms with van der Waals surface area (Å²) in [7, 11) is 0. The minimum Gasteiger partial charge on any atom is -0.466 e. The molecule has 0 fully saturated rings. The molecule has 0 spiro atoms. The van der Waals surface area contributed by atoms with E-state index < -0.39 is 15.9 Å². The number of furan rings is 1. The van der Waals surface area contributed by atoms with Gasteiger partial charge in [-0.1, -0.05) is 53.0 Å². The van der Waals surface area contributed by atoms with Gasteiger partial charge in [0, 0.05) is 0 Å². The Morgan fingerprint density at radius 2 is 1.76 bits per heavy atom. The van der Waals surface area contributed by atoms with Crippen molar-refractivity contribution >= 4 is 52.6 Å². The molecule has 0 unspecified atom stereocenters. The number of amides is 1. The highest BCUT2D eigenvalue weighted by atomic mass is 35.6. The molecule has 1 atom stereocenters. The quantitative estimate of drug-likeness (QED) is 0.223. The Balaban J connectivity index is 1.62. The molecule has 0 saturated heterocycles. The lowest BCUT2D eigenvalue weighted by atomic mass is 10.2. The number of ether oxygens (including phenoxy) is 1. The summed E-state index contributed by atoms with van der Waals surface area (Å²) in [5, 5.41) is 6.65. The minimum absolute atomic E-state index is 0.0744. The molecular formula is C20H16Cl3N3O3. The van der Waals surface area contributed by atoms with Crippen LogP contribution in [-0.2, 0) is 0 Å². The molecule has 29 heavy (non-hydrogen) atoms. The fraction of sp³-hybridized carbons (Fsp3) is 0.100. The van der Waals surface area contributed by atoms with E-state index in [1.54, 1.807) is 36.5 Å². The first-order chi connectivity index (χ1) is 13.9. The third-order valence-corrected chi connectivity index (χ3v) is 4.21. The van der Waals surface area contributed by atoms with Gasteiger partial charge >= 0.3 is 0 Å². The number of alkyl halides is 3. The van der Waals surface area contributed by atoms with Gasteiger partial charge in [0.15, 0.2) is 5.76 Å². The predicted octanol–water partition coefficient (Wildman–Crippen LogP) is 5.23. The van der Waals surface area contributed by atoms with Gasteiger partial charge in [0.1, 0.15) is 5.75 Å². The molecule has 0 saturated carbocycles. The van der Waals surface area contributed by atoms with Gasteiger partial charge in [0.05, 0.1) is 18.2 Å². The molecule has 3 rings (SSSR count). The lowest BCUT2D eigenvalue weighted by molar-refractivity contribution is 0.0805. The zero-order valence-corrected chi connectivity index (χ0v) is 17.2. The average Bonchev–Trinajstić information content (AvgIpc) is 3.24. The highest BCUT2D eigenvalue weighted by Gasteiger charge is 2.36. The van der Waals surface area contributed by atoms with Gasteiger partial charge in [0.25, 0.3) is 5.91 Å². The number of nitrogens with one attached hydrogen (secondary N) is 2. The molecule has 9 heteroatoms. The first kappa shape index (κ1) is 21.0. The number of para-hydroxylation sites is 1. The fourth-order valence-corrected chi connectivity index (χ4v) is 2.54. The van der Waals surface area contributed by atoms with E-state index >= 15 is 0 Å². The van der Waals surface area contributed by atoms with E-state index in [1.165, 1.54) is 12.3 Å². The van der Waals surface area contributed by atoms with Crippen molar-refractivity contribution in [3.8, 4) is 5.75 Å². The lowest BCUT2D eigenvalue weighted by Crippen LogP contribution is -2.47. The molecule has 0 aliphatic heterocycles. The van der Waals surface area contributed by atoms with Crippen LogP contribution in [0.5, 0.6) is 5.75 Å². The van der Waals surface area contributed by atoms with Crippen LogP contribution in [0.15, 0.2) is 82.5 Å². The van der Waals surface area contributed by atoms with E-state index in [2.05, 4.69) is 15.8 Å². The average molecular weight is 453 g/mol. The zero-order chi connectivity index (χ0) is 20.7. The lowest BCUT2D eigenvalue weighted by Gasteiger charge is -2.25. The number of halogens is 3. The van der Waals surface area contributed by atoms with E-state index in [0.717, 1.165) is 11.3 Å². The van der Waals surface area contributed by atoms with Gasteiger partial charge in [0.2, 0.25) is 10.0 Å². The standard InChI is InChI=1S/C20H16Cl3N3O3/c21-20(22,23)19(25-18(27)17-7-4-12-28-17)29-16-10-8-14(9-11-16)13-24-26-15-5-2-1-3-6-15/h1-13,19,26H,(H,25,27)/b24-13-/t19-/m1/s1. The Morgan fingerprint density at radius 1 is 1.03 bits per heavy atom. The van der Waals surface area contributed by atoms with Crippen LogP contribution in [0, 0.1) is 0 Å². The van der Waals surface area contributed by atoms with Crippen molar-refractivity contribution in [3.63, 3.8) is 0 Å². The Labute approximate surface area is 182 Å². The monoisotopic (exact) mass is 451 g/mol. The van der Waals surface area contributed by atoms with Gasteiger partial charge in [-0.2, -0.15) is 5.10 Å². The second-order valence-corrected chi connectivity index (χ2v) is 8.16. The van der Waals surface area contributed by atoms with E-state index in [4.69, 9.17) is 44.0 Å². The Morgan fingerprint density at radius 3 is 2.38 bits per heavy atom. The van der Waals surface area contributed by atoms with Crippen LogP contribution < -0.4 is 15.5 Å². The van der Waals surface area contributed by atoms with Gasteiger partial charge in [-0.05, 0) is 54.1 Å². The number of benzene rings is 2. The van der Waals surface area contributed by atoms with Crippen LogP contribution in [0.2, 0.25) is 0 Å². The van der Waals surface area contributed by atoms with Gasteiger partial charge in [-0.25, -0.2) is 0 Å². The summed E-state index contributed by atoms with van der Waals surface area (Å²) in [4.78, 5) is 12.2. The van der Waals surface area contributed by atoms with E-state index in [1.807, 2.05) is 30.3 Å². The van der Waals surface area contributed by atoms with Crippen LogP contribution in [0.4, 0.5) is 5.69 Å². The van der Waals surface area contributed by atoms with Crippen molar-refractivity contribution in [1.82, 2.24) is 5.32 Å². The summed E-state index contributed by atoms with van der Waals surface area (Å²) in [6, 6.07) is 19.5. The largest absolute Gasteiger partial charge is 0.466 e. The second-order valence-electron chi connectivity index (χ2n) is 5.80. The maximum Gasteiger partial charge on any atom is 0.289 e. The van der Waals surface area contributed by atoms with E-state index in [-0.39, 0.29) is 5.76 Å². The Hall–Kier alpha value is -2.67. The van der Waals surface area contributed by atoms with Crippen molar-refractivity contribution < 1.29 is 13.9 Å². The second kappa shape index (κ2) is 9.69. The molecule has 0 bridgehead atoms. The molecule has 0 aliphatic carbocycles. The molecule has 6 nitrogen and oxygen atoms in total. The molecule has 2 aromatic carbocycles. The third-order valence-electron chi connectivity index (χ3n) is 3.62. The predicted molar refractivity (Wildman–Crippen MR) is 115 cm³/mol. The zero-order valence-electron chi connectivity index (χ0n) is 14.9. The van der Waals surface area contributed by atoms with E-state index in [0.29, 0.717) is 5.75 Å². The summed E-state index contributed by atoms with van der Waals surface area (Å²) >= 11 is 17.8. The van der Waals surface area contributed by atoms with Crippen LogP contribution in [0.1, 0.15) is 16.1 Å². The van der Waals surface area contributed by atoms with Gasteiger partial charge < -0.3 is 14.5 Å². The SMILES string of the molecule is O=C(N[C@H](Oc1ccc(/C=N\Nc2ccccc2)cc1)C(Cl)(Cl)Cl)c1ccco1. The molecule has 1 aromatic heterocycles.